The van der Waals surface area contributed by atoms with E-state index in [9.17, 15) is 17.2 Å². The fourth-order valence-electron chi connectivity index (χ4n) is 1.18. The Morgan fingerprint density at radius 1 is 1.28 bits per heavy atom. The molecule has 1 heterocycles. The average molecular weight is 293 g/mol. The minimum atomic E-state index is -4.45. The summed E-state index contributed by atoms with van der Waals surface area (Å²) in [4.78, 5) is -1.13. The molecule has 2 aromatic rings. The van der Waals surface area contributed by atoms with Crippen molar-refractivity contribution in [2.75, 3.05) is 10.5 Å². The summed E-state index contributed by atoms with van der Waals surface area (Å²) in [6, 6.07) is 1.41. The van der Waals surface area contributed by atoms with Crippen molar-refractivity contribution in [3.05, 3.63) is 23.8 Å². The van der Waals surface area contributed by atoms with Crippen molar-refractivity contribution in [1.29, 1.82) is 0 Å². The summed E-state index contributed by atoms with van der Waals surface area (Å²) in [5, 5.41) is 6.24. The van der Waals surface area contributed by atoms with Crippen LogP contribution >= 0.6 is 11.5 Å². The molecule has 0 atom stereocenters. The molecule has 0 bridgehead atoms. The highest BCUT2D eigenvalue weighted by molar-refractivity contribution is 7.93. The fourth-order valence-corrected chi connectivity index (χ4v) is 2.88. The molecule has 0 fully saturated rings. The van der Waals surface area contributed by atoms with Crippen molar-refractivity contribution in [2.45, 2.75) is 4.90 Å². The van der Waals surface area contributed by atoms with Gasteiger partial charge in [0, 0.05) is 17.2 Å². The standard InChI is InChI=1S/C7H5F2N5O2S2/c8-4-1-3(10)2-5(9)6(4)18(15,16)12-7-11-13-14-17-7/h1-2H,10H2,(H,11,12,14). The van der Waals surface area contributed by atoms with Crippen molar-refractivity contribution < 1.29 is 17.2 Å². The third kappa shape index (κ3) is 2.36. The van der Waals surface area contributed by atoms with E-state index in [4.69, 9.17) is 5.73 Å². The molecule has 18 heavy (non-hydrogen) atoms. The van der Waals surface area contributed by atoms with E-state index in [-0.39, 0.29) is 10.8 Å². The van der Waals surface area contributed by atoms with Crippen LogP contribution in [-0.2, 0) is 10.0 Å². The summed E-state index contributed by atoms with van der Waals surface area (Å²) >= 11 is 0.627. The minimum absolute atomic E-state index is 0.203. The van der Waals surface area contributed by atoms with Crippen LogP contribution < -0.4 is 10.5 Å². The van der Waals surface area contributed by atoms with E-state index in [1.54, 1.807) is 0 Å². The highest BCUT2D eigenvalue weighted by Crippen LogP contribution is 2.24. The zero-order chi connectivity index (χ0) is 13.3. The van der Waals surface area contributed by atoms with Crippen LogP contribution in [0.15, 0.2) is 17.0 Å². The quantitative estimate of drug-likeness (QED) is 0.801. The van der Waals surface area contributed by atoms with Crippen LogP contribution in [0.5, 0.6) is 0 Å². The maximum absolute atomic E-state index is 13.4. The third-order valence-corrected chi connectivity index (χ3v) is 3.84. The van der Waals surface area contributed by atoms with Gasteiger partial charge in [-0.1, -0.05) is 9.59 Å². The monoisotopic (exact) mass is 293 g/mol. The van der Waals surface area contributed by atoms with Crippen LogP contribution in [0.1, 0.15) is 0 Å². The van der Waals surface area contributed by atoms with E-state index in [0.717, 1.165) is 0 Å². The van der Waals surface area contributed by atoms with Crippen molar-refractivity contribution in [3.8, 4) is 0 Å². The largest absolute Gasteiger partial charge is 0.399 e. The molecule has 0 aliphatic carbocycles. The zero-order valence-corrected chi connectivity index (χ0v) is 10.1. The summed E-state index contributed by atoms with van der Waals surface area (Å²) in [5.41, 5.74) is 4.96. The van der Waals surface area contributed by atoms with Gasteiger partial charge in [0.15, 0.2) is 4.90 Å². The van der Waals surface area contributed by atoms with Crippen molar-refractivity contribution in [2.24, 2.45) is 0 Å². The molecule has 0 unspecified atom stereocenters. The summed E-state index contributed by atoms with van der Waals surface area (Å²) in [5.74, 6) is -2.59. The van der Waals surface area contributed by atoms with Crippen molar-refractivity contribution in [3.63, 3.8) is 0 Å². The maximum atomic E-state index is 13.4. The summed E-state index contributed by atoms with van der Waals surface area (Å²) < 4.78 is 55.5. The highest BCUT2D eigenvalue weighted by atomic mass is 32.2. The Morgan fingerprint density at radius 2 is 1.89 bits per heavy atom. The number of nitrogens with one attached hydrogen (secondary N) is 1. The molecule has 2 rings (SSSR count). The topological polar surface area (TPSA) is 111 Å². The number of aromatic nitrogens is 3. The number of benzene rings is 1. The van der Waals surface area contributed by atoms with Gasteiger partial charge in [0.05, 0.1) is 0 Å². The normalized spacial score (nSPS) is 11.4. The van der Waals surface area contributed by atoms with Crippen LogP contribution in [0.3, 0.4) is 0 Å². The number of nitrogens with zero attached hydrogens (tertiary/aromatic N) is 3. The van der Waals surface area contributed by atoms with Crippen LogP contribution in [-0.4, -0.2) is 23.2 Å². The molecule has 0 saturated carbocycles. The van der Waals surface area contributed by atoms with Gasteiger partial charge in [0.2, 0.25) is 5.13 Å². The van der Waals surface area contributed by atoms with Crippen LogP contribution in [0.25, 0.3) is 0 Å². The molecule has 7 nitrogen and oxygen atoms in total. The fraction of sp³-hybridized carbons (Fsp3) is 0. The second kappa shape index (κ2) is 4.42. The molecule has 0 radical (unpaired) electrons. The number of anilines is 2. The molecular formula is C7H5F2N5O2S2. The van der Waals surface area contributed by atoms with E-state index in [1.807, 2.05) is 4.72 Å². The molecule has 0 saturated heterocycles. The van der Waals surface area contributed by atoms with Gasteiger partial charge < -0.3 is 5.73 Å². The molecular weight excluding hydrogens is 288 g/mol. The Bertz CT molecular complexity index is 650. The maximum Gasteiger partial charge on any atom is 0.269 e. The number of nitrogens with two attached hydrogens (primary N) is 1. The first-order valence-corrected chi connectivity index (χ1v) is 6.58. The number of rotatable bonds is 3. The van der Waals surface area contributed by atoms with Crippen molar-refractivity contribution >= 4 is 32.4 Å². The van der Waals surface area contributed by atoms with E-state index < -0.39 is 26.6 Å². The number of halogens is 2. The first-order valence-electron chi connectivity index (χ1n) is 4.32. The molecule has 1 aromatic heterocycles. The Morgan fingerprint density at radius 3 is 2.39 bits per heavy atom. The SMILES string of the molecule is Nc1cc(F)c(S(=O)(=O)Nc2nnns2)c(F)c1. The predicted octanol–water partition coefficient (Wildman–Crippen LogP) is 0.594. The van der Waals surface area contributed by atoms with Gasteiger partial charge in [-0.3, -0.25) is 4.72 Å². The number of hydrogen-bond donors (Lipinski definition) is 2. The zero-order valence-electron chi connectivity index (χ0n) is 8.46. The van der Waals surface area contributed by atoms with Crippen molar-refractivity contribution in [1.82, 2.24) is 14.8 Å². The van der Waals surface area contributed by atoms with Crippen LogP contribution in [0, 0.1) is 11.6 Å². The average Bonchev–Trinajstić information content (AvgIpc) is 2.66. The van der Waals surface area contributed by atoms with E-state index in [2.05, 4.69) is 14.8 Å². The predicted molar refractivity (Wildman–Crippen MR) is 59.3 cm³/mol. The molecule has 0 aliphatic rings. The van der Waals surface area contributed by atoms with E-state index >= 15 is 0 Å². The number of sulfonamides is 1. The highest BCUT2D eigenvalue weighted by Gasteiger charge is 2.25. The van der Waals surface area contributed by atoms with Gasteiger partial charge in [-0.05, 0) is 17.3 Å². The molecule has 0 aliphatic heterocycles. The lowest BCUT2D eigenvalue weighted by Crippen LogP contribution is -2.16. The summed E-state index contributed by atoms with van der Waals surface area (Å²) in [7, 11) is -4.45. The third-order valence-electron chi connectivity index (χ3n) is 1.81. The summed E-state index contributed by atoms with van der Waals surface area (Å²) in [6.07, 6.45) is 0. The first-order chi connectivity index (χ1) is 8.40. The molecule has 11 heteroatoms. The minimum Gasteiger partial charge on any atom is -0.399 e. The Hall–Kier alpha value is -1.88. The number of nitrogen functional groups attached to an aromatic ring is 1. The molecule has 0 spiro atoms. The smallest absolute Gasteiger partial charge is 0.269 e. The Balaban J connectivity index is 2.48. The second-order valence-electron chi connectivity index (χ2n) is 3.09. The first kappa shape index (κ1) is 12.6. The van der Waals surface area contributed by atoms with Gasteiger partial charge in [-0.25, -0.2) is 17.2 Å². The number of hydrogen-bond acceptors (Lipinski definition) is 7. The van der Waals surface area contributed by atoms with Gasteiger partial charge >= 0.3 is 0 Å². The Kier molecular flexibility index (Phi) is 3.09. The van der Waals surface area contributed by atoms with Gasteiger partial charge in [-0.2, -0.15) is 0 Å². The lowest BCUT2D eigenvalue weighted by molar-refractivity contribution is 0.522. The lowest BCUT2D eigenvalue weighted by atomic mass is 10.3. The molecule has 1 aromatic carbocycles. The van der Waals surface area contributed by atoms with E-state index in [0.29, 0.717) is 23.7 Å². The van der Waals surface area contributed by atoms with Crippen LogP contribution in [0.2, 0.25) is 0 Å². The van der Waals surface area contributed by atoms with Gasteiger partial charge in [0.25, 0.3) is 10.0 Å². The lowest BCUT2D eigenvalue weighted by Gasteiger charge is -2.07. The Labute approximate surface area is 104 Å². The molecule has 0 amide bonds. The van der Waals surface area contributed by atoms with Gasteiger partial charge in [0.1, 0.15) is 11.6 Å². The molecule has 3 N–H and O–H groups in total. The second-order valence-corrected chi connectivity index (χ2v) is 5.44. The van der Waals surface area contributed by atoms with Gasteiger partial charge in [-0.15, -0.1) is 0 Å². The van der Waals surface area contributed by atoms with Crippen LogP contribution in [0.4, 0.5) is 19.6 Å². The van der Waals surface area contributed by atoms with E-state index in [1.165, 1.54) is 0 Å². The summed E-state index contributed by atoms with van der Waals surface area (Å²) in [6.45, 7) is 0. The molecule has 96 valence electrons.